The summed E-state index contributed by atoms with van der Waals surface area (Å²) in [6, 6.07) is 9.52. The molecule has 0 amide bonds. The smallest absolute Gasteiger partial charge is 0.269 e. The van der Waals surface area contributed by atoms with E-state index in [-0.39, 0.29) is 10.6 Å². The minimum absolute atomic E-state index is 0.0603. The van der Waals surface area contributed by atoms with Crippen LogP contribution in [-0.4, -0.2) is 13.3 Å². The average molecular weight is 307 g/mol. The standard InChI is InChI=1S/C13H13N3O4S/c1-9-2-3-10(14)8-13(9)15-21(19,20)12-6-4-11(5-7-12)16(17)18/h2-8,15H,14H2,1H3. The first-order valence-electron chi connectivity index (χ1n) is 5.93. The molecular formula is C13H13N3O4S. The van der Waals surface area contributed by atoms with Crippen LogP contribution in [0, 0.1) is 17.0 Å². The van der Waals surface area contributed by atoms with E-state index in [0.717, 1.165) is 17.7 Å². The van der Waals surface area contributed by atoms with Gasteiger partial charge in [-0.05, 0) is 36.8 Å². The van der Waals surface area contributed by atoms with Crippen molar-refractivity contribution >= 4 is 27.1 Å². The summed E-state index contributed by atoms with van der Waals surface area (Å²) in [6.45, 7) is 1.74. The van der Waals surface area contributed by atoms with E-state index >= 15 is 0 Å². The maximum absolute atomic E-state index is 12.2. The number of anilines is 2. The molecule has 0 radical (unpaired) electrons. The Bertz CT molecular complexity index is 786. The van der Waals surface area contributed by atoms with Gasteiger partial charge in [-0.3, -0.25) is 14.8 Å². The van der Waals surface area contributed by atoms with Crippen LogP contribution in [0.25, 0.3) is 0 Å². The zero-order chi connectivity index (χ0) is 15.6. The van der Waals surface area contributed by atoms with Crippen molar-refractivity contribution in [2.24, 2.45) is 0 Å². The van der Waals surface area contributed by atoms with E-state index in [1.165, 1.54) is 18.2 Å². The van der Waals surface area contributed by atoms with Crippen molar-refractivity contribution in [2.75, 3.05) is 10.5 Å². The van der Waals surface area contributed by atoms with Crippen LogP contribution in [0.3, 0.4) is 0 Å². The molecule has 0 aliphatic rings. The lowest BCUT2D eigenvalue weighted by molar-refractivity contribution is -0.384. The quantitative estimate of drug-likeness (QED) is 0.511. The Morgan fingerprint density at radius 3 is 2.33 bits per heavy atom. The highest BCUT2D eigenvalue weighted by Crippen LogP contribution is 2.23. The molecule has 0 heterocycles. The number of nitro benzene ring substituents is 1. The number of sulfonamides is 1. The summed E-state index contributed by atoms with van der Waals surface area (Å²) in [5.74, 6) is 0. The van der Waals surface area contributed by atoms with Crippen molar-refractivity contribution in [3.05, 3.63) is 58.1 Å². The molecule has 0 aromatic heterocycles. The zero-order valence-corrected chi connectivity index (χ0v) is 11.9. The first-order chi connectivity index (χ1) is 9.79. The molecule has 3 N–H and O–H groups in total. The Morgan fingerprint density at radius 2 is 1.76 bits per heavy atom. The van der Waals surface area contributed by atoms with Crippen LogP contribution in [0.1, 0.15) is 5.56 Å². The summed E-state index contributed by atoms with van der Waals surface area (Å²) in [7, 11) is -3.82. The number of nitro groups is 1. The Kier molecular flexibility index (Phi) is 3.81. The topological polar surface area (TPSA) is 115 Å². The number of nitrogens with zero attached hydrogens (tertiary/aromatic N) is 1. The molecule has 0 saturated carbocycles. The number of benzene rings is 2. The molecule has 2 aromatic carbocycles. The SMILES string of the molecule is Cc1ccc(N)cc1NS(=O)(=O)c1ccc([N+](=O)[O-])cc1. The highest BCUT2D eigenvalue weighted by atomic mass is 32.2. The number of hydrogen-bond donors (Lipinski definition) is 2. The lowest BCUT2D eigenvalue weighted by Gasteiger charge is -2.11. The van der Waals surface area contributed by atoms with Gasteiger partial charge >= 0.3 is 0 Å². The van der Waals surface area contributed by atoms with E-state index in [9.17, 15) is 18.5 Å². The number of nitrogens with one attached hydrogen (secondary N) is 1. The van der Waals surface area contributed by atoms with Gasteiger partial charge in [0.05, 0.1) is 15.5 Å². The van der Waals surface area contributed by atoms with Gasteiger partial charge in [0, 0.05) is 17.8 Å². The van der Waals surface area contributed by atoms with E-state index in [2.05, 4.69) is 4.72 Å². The minimum Gasteiger partial charge on any atom is -0.399 e. The van der Waals surface area contributed by atoms with E-state index in [1.807, 2.05) is 0 Å². The van der Waals surface area contributed by atoms with Crippen LogP contribution in [0.15, 0.2) is 47.4 Å². The monoisotopic (exact) mass is 307 g/mol. The normalized spacial score (nSPS) is 11.1. The van der Waals surface area contributed by atoms with Gasteiger partial charge in [0.15, 0.2) is 0 Å². The van der Waals surface area contributed by atoms with Gasteiger partial charge in [-0.1, -0.05) is 6.07 Å². The maximum atomic E-state index is 12.2. The van der Waals surface area contributed by atoms with Crippen molar-refractivity contribution in [1.82, 2.24) is 0 Å². The summed E-state index contributed by atoms with van der Waals surface area (Å²) in [5, 5.41) is 10.6. The first kappa shape index (κ1) is 14.8. The van der Waals surface area contributed by atoms with Crippen LogP contribution >= 0.6 is 0 Å². The van der Waals surface area contributed by atoms with Crippen molar-refractivity contribution < 1.29 is 13.3 Å². The number of aryl methyl sites for hydroxylation is 1. The highest BCUT2D eigenvalue weighted by molar-refractivity contribution is 7.92. The molecule has 0 saturated heterocycles. The zero-order valence-electron chi connectivity index (χ0n) is 11.1. The van der Waals surface area contributed by atoms with Crippen LogP contribution in [0.5, 0.6) is 0 Å². The van der Waals surface area contributed by atoms with Gasteiger partial charge in [0.1, 0.15) is 0 Å². The Hall–Kier alpha value is -2.61. The molecule has 21 heavy (non-hydrogen) atoms. The Labute approximate surface area is 121 Å². The minimum atomic E-state index is -3.82. The number of rotatable bonds is 4. The molecule has 8 heteroatoms. The lowest BCUT2D eigenvalue weighted by Crippen LogP contribution is -2.14. The van der Waals surface area contributed by atoms with Gasteiger partial charge in [0.25, 0.3) is 15.7 Å². The largest absolute Gasteiger partial charge is 0.399 e. The number of nitrogen functional groups attached to an aromatic ring is 1. The summed E-state index contributed by atoms with van der Waals surface area (Å²) in [6.07, 6.45) is 0. The second-order valence-corrected chi connectivity index (χ2v) is 6.11. The van der Waals surface area contributed by atoms with Crippen LogP contribution in [0.2, 0.25) is 0 Å². The fourth-order valence-corrected chi connectivity index (χ4v) is 2.82. The van der Waals surface area contributed by atoms with Crippen LogP contribution in [-0.2, 0) is 10.0 Å². The van der Waals surface area contributed by atoms with E-state index in [4.69, 9.17) is 5.73 Å². The van der Waals surface area contributed by atoms with Crippen molar-refractivity contribution in [2.45, 2.75) is 11.8 Å². The highest BCUT2D eigenvalue weighted by Gasteiger charge is 2.17. The van der Waals surface area contributed by atoms with Crippen LogP contribution < -0.4 is 10.5 Å². The molecule has 0 atom stereocenters. The fourth-order valence-electron chi connectivity index (χ4n) is 1.70. The van der Waals surface area contributed by atoms with Gasteiger partial charge in [-0.15, -0.1) is 0 Å². The Balaban J connectivity index is 2.34. The van der Waals surface area contributed by atoms with Crippen molar-refractivity contribution in [1.29, 1.82) is 0 Å². The van der Waals surface area contributed by atoms with Crippen LogP contribution in [0.4, 0.5) is 17.1 Å². The second kappa shape index (κ2) is 5.41. The van der Waals surface area contributed by atoms with E-state index in [0.29, 0.717) is 11.4 Å². The van der Waals surface area contributed by atoms with Gasteiger partial charge in [0.2, 0.25) is 0 Å². The molecule has 0 spiro atoms. The van der Waals surface area contributed by atoms with Gasteiger partial charge in [-0.25, -0.2) is 8.42 Å². The molecule has 0 bridgehead atoms. The number of hydrogen-bond acceptors (Lipinski definition) is 5. The van der Waals surface area contributed by atoms with Crippen molar-refractivity contribution in [3.8, 4) is 0 Å². The summed E-state index contributed by atoms with van der Waals surface area (Å²) >= 11 is 0. The van der Waals surface area contributed by atoms with E-state index in [1.54, 1.807) is 19.1 Å². The number of nitrogens with two attached hydrogens (primary N) is 1. The maximum Gasteiger partial charge on any atom is 0.269 e. The van der Waals surface area contributed by atoms with Crippen molar-refractivity contribution in [3.63, 3.8) is 0 Å². The third-order valence-electron chi connectivity index (χ3n) is 2.86. The fraction of sp³-hybridized carbons (Fsp3) is 0.0769. The number of non-ortho nitro benzene ring substituents is 1. The summed E-state index contributed by atoms with van der Waals surface area (Å²) in [5.41, 5.74) is 6.97. The lowest BCUT2D eigenvalue weighted by atomic mass is 10.2. The van der Waals surface area contributed by atoms with Gasteiger partial charge < -0.3 is 5.73 Å². The molecule has 0 unspecified atom stereocenters. The van der Waals surface area contributed by atoms with E-state index < -0.39 is 14.9 Å². The molecular weight excluding hydrogens is 294 g/mol. The first-order valence-corrected chi connectivity index (χ1v) is 7.41. The molecule has 0 fully saturated rings. The predicted octanol–water partition coefficient (Wildman–Crippen LogP) is 2.29. The predicted molar refractivity (Wildman–Crippen MR) is 79.5 cm³/mol. The molecule has 7 nitrogen and oxygen atoms in total. The summed E-state index contributed by atoms with van der Waals surface area (Å²) in [4.78, 5) is 9.91. The second-order valence-electron chi connectivity index (χ2n) is 4.43. The molecule has 2 rings (SSSR count). The molecule has 0 aliphatic heterocycles. The third kappa shape index (κ3) is 3.29. The molecule has 0 aliphatic carbocycles. The average Bonchev–Trinajstić information content (AvgIpc) is 2.43. The Morgan fingerprint density at radius 1 is 1.14 bits per heavy atom. The van der Waals surface area contributed by atoms with Gasteiger partial charge in [-0.2, -0.15) is 0 Å². The third-order valence-corrected chi connectivity index (χ3v) is 4.25. The summed E-state index contributed by atoms with van der Waals surface area (Å²) < 4.78 is 26.9. The molecule has 2 aromatic rings. The molecule has 110 valence electrons.